The zero-order valence-electron chi connectivity index (χ0n) is 46.9. The van der Waals surface area contributed by atoms with Crippen LogP contribution in [0.15, 0.2) is 85.1 Å². The number of amides is 1. The van der Waals surface area contributed by atoms with Crippen molar-refractivity contribution in [2.24, 2.45) is 0 Å². The third kappa shape index (κ3) is 38.4. The molecule has 1 amide bonds. The van der Waals surface area contributed by atoms with E-state index in [0.717, 1.165) is 96.3 Å². The third-order valence-corrected chi connectivity index (χ3v) is 13.5. The van der Waals surface area contributed by atoms with Gasteiger partial charge in [0.1, 0.15) is 24.4 Å². The van der Waals surface area contributed by atoms with E-state index in [0.29, 0.717) is 12.8 Å². The number of nitrogens with one attached hydrogen (secondary N) is 1. The summed E-state index contributed by atoms with van der Waals surface area (Å²) in [6.45, 7) is 5.69. The van der Waals surface area contributed by atoms with Gasteiger partial charge in [0.05, 0.1) is 25.4 Å². The zero-order valence-corrected chi connectivity index (χ0v) is 46.9. The van der Waals surface area contributed by atoms with Crippen molar-refractivity contribution >= 4 is 11.9 Å². The van der Waals surface area contributed by atoms with Crippen molar-refractivity contribution in [1.82, 2.24) is 5.32 Å². The van der Waals surface area contributed by atoms with Gasteiger partial charge in [0.15, 0.2) is 12.4 Å². The van der Waals surface area contributed by atoms with Gasteiger partial charge in [-0.15, -0.1) is 0 Å². The Morgan fingerprint density at radius 1 is 0.541 bits per heavy atom. The summed E-state index contributed by atoms with van der Waals surface area (Å²) in [5.74, 6) is -1.24. The molecule has 11 heteroatoms. The predicted molar refractivity (Wildman–Crippen MR) is 306 cm³/mol. The Labute approximate surface area is 451 Å². The molecular formula is C63H109NO10. The van der Waals surface area contributed by atoms with Gasteiger partial charge in [0, 0.05) is 6.42 Å². The summed E-state index contributed by atoms with van der Waals surface area (Å²) in [6, 6.07) is -1.04. The molecule has 1 aliphatic rings. The Kier molecular flexibility index (Phi) is 47.1. The first kappa shape index (κ1) is 68.9. The second kappa shape index (κ2) is 50.6. The molecule has 1 saturated heterocycles. The van der Waals surface area contributed by atoms with E-state index in [1.54, 1.807) is 6.08 Å². The van der Waals surface area contributed by atoms with Crippen molar-refractivity contribution in [3.05, 3.63) is 85.1 Å². The zero-order chi connectivity index (χ0) is 54.0. The Bertz CT molecular complexity index is 1520. The number of carbonyl (C=O) groups excluding carboxylic acids is 2. The fraction of sp³-hybridized carbons (Fsp3) is 0.746. The molecule has 8 atom stereocenters. The Hall–Kier alpha value is -3.16. The molecule has 1 fully saturated rings. The lowest BCUT2D eigenvalue weighted by molar-refractivity contribution is -0.305. The normalized spacial score (nSPS) is 19.9. The molecule has 0 aromatic rings. The largest absolute Gasteiger partial charge is 0.454 e. The standard InChI is InChI=1S/C63H109NO10/c1-4-7-10-13-16-19-22-25-27-28-29-30-31-33-36-39-42-45-48-51-58(68)74-61-60(70)59(69)57(52-65)73-63(61)72-53-54(55(66)49-46-43-40-37-34-24-21-18-15-12-9-6-3)64-62(71)56(67)50-47-44-41-38-35-32-26-23-20-17-14-11-8-5-2/h16-17,19-20,23,25-27,29-30,33,36,46,49,54-57,59-61,63,65-67,69-70H,4-15,18,21-22,24,28,31-32,34-35,37-45,47-48,50-53H2,1-3H3,(H,64,71)/b19-16-,20-17+,26-23+,27-25-,30-29-,36-33-,49-46+. The molecule has 74 heavy (non-hydrogen) atoms. The number of ether oxygens (including phenoxy) is 3. The molecule has 426 valence electrons. The van der Waals surface area contributed by atoms with Gasteiger partial charge in [0.2, 0.25) is 5.91 Å². The van der Waals surface area contributed by atoms with E-state index in [2.05, 4.69) is 99.0 Å². The lowest BCUT2D eigenvalue weighted by Crippen LogP contribution is -2.61. The number of carbonyl (C=O) groups is 2. The monoisotopic (exact) mass is 1040 g/mol. The number of allylic oxidation sites excluding steroid dienone is 13. The number of esters is 1. The average Bonchev–Trinajstić information content (AvgIpc) is 3.40. The summed E-state index contributed by atoms with van der Waals surface area (Å²) in [6.07, 6.45) is 54.7. The molecule has 1 rings (SSSR count). The Morgan fingerprint density at radius 2 is 0.973 bits per heavy atom. The Balaban J connectivity index is 2.74. The smallest absolute Gasteiger partial charge is 0.306 e. The van der Waals surface area contributed by atoms with Crippen LogP contribution >= 0.6 is 0 Å². The highest BCUT2D eigenvalue weighted by Crippen LogP contribution is 2.26. The molecule has 0 saturated carbocycles. The molecule has 0 bridgehead atoms. The van der Waals surface area contributed by atoms with Crippen LogP contribution in [0.4, 0.5) is 0 Å². The fourth-order valence-corrected chi connectivity index (χ4v) is 8.74. The second-order valence-corrected chi connectivity index (χ2v) is 20.4. The van der Waals surface area contributed by atoms with E-state index in [4.69, 9.17) is 14.2 Å². The van der Waals surface area contributed by atoms with Crippen LogP contribution in [0.25, 0.3) is 0 Å². The van der Waals surface area contributed by atoms with E-state index < -0.39 is 67.4 Å². The molecular weight excluding hydrogens is 931 g/mol. The average molecular weight is 1040 g/mol. The first-order chi connectivity index (χ1) is 36.2. The van der Waals surface area contributed by atoms with E-state index >= 15 is 0 Å². The van der Waals surface area contributed by atoms with Crippen molar-refractivity contribution in [2.75, 3.05) is 13.2 Å². The van der Waals surface area contributed by atoms with Gasteiger partial charge in [-0.05, 0) is 96.3 Å². The van der Waals surface area contributed by atoms with Gasteiger partial charge in [-0.25, -0.2) is 0 Å². The number of hydrogen-bond donors (Lipinski definition) is 6. The van der Waals surface area contributed by atoms with Crippen LogP contribution in [0.1, 0.15) is 239 Å². The molecule has 1 aliphatic heterocycles. The summed E-state index contributed by atoms with van der Waals surface area (Å²) in [5.41, 5.74) is 0. The van der Waals surface area contributed by atoms with Gasteiger partial charge < -0.3 is 45.1 Å². The van der Waals surface area contributed by atoms with E-state index in [1.807, 2.05) is 6.08 Å². The van der Waals surface area contributed by atoms with Crippen molar-refractivity contribution in [2.45, 2.75) is 288 Å². The van der Waals surface area contributed by atoms with Gasteiger partial charge in [-0.2, -0.15) is 0 Å². The minimum atomic E-state index is -1.63. The number of rotatable bonds is 49. The molecule has 8 unspecified atom stereocenters. The molecule has 6 N–H and O–H groups in total. The van der Waals surface area contributed by atoms with Crippen molar-refractivity contribution in [3.8, 4) is 0 Å². The van der Waals surface area contributed by atoms with Crippen molar-refractivity contribution in [3.63, 3.8) is 0 Å². The number of hydrogen-bond acceptors (Lipinski definition) is 10. The van der Waals surface area contributed by atoms with Crippen LogP contribution in [0.3, 0.4) is 0 Å². The SMILES string of the molecule is CCCCC/C=C\C/C=C\C/C=C\C/C=C\CCCCCC(=O)OC1C(OCC(NC(=O)C(O)CCCCCCC/C=C/C=C/CCCCC)C(O)/C=C/CCCCCCCCCCCC)OC(CO)C(O)C1O. The first-order valence-corrected chi connectivity index (χ1v) is 29.9. The molecule has 0 aliphatic carbocycles. The van der Waals surface area contributed by atoms with Crippen molar-refractivity contribution < 1.29 is 49.3 Å². The predicted octanol–water partition coefficient (Wildman–Crippen LogP) is 13.8. The van der Waals surface area contributed by atoms with Gasteiger partial charge >= 0.3 is 5.97 Å². The topological polar surface area (TPSA) is 175 Å². The Morgan fingerprint density at radius 3 is 1.50 bits per heavy atom. The van der Waals surface area contributed by atoms with Crippen LogP contribution in [0, 0.1) is 0 Å². The number of aliphatic hydroxyl groups excluding tert-OH is 5. The maximum Gasteiger partial charge on any atom is 0.306 e. The minimum Gasteiger partial charge on any atom is -0.454 e. The van der Waals surface area contributed by atoms with Crippen molar-refractivity contribution in [1.29, 1.82) is 0 Å². The minimum absolute atomic E-state index is 0.0810. The fourth-order valence-electron chi connectivity index (χ4n) is 8.74. The lowest BCUT2D eigenvalue weighted by atomic mass is 9.99. The molecule has 1 heterocycles. The van der Waals surface area contributed by atoms with Gasteiger partial charge in [-0.3, -0.25) is 9.59 Å². The first-order valence-electron chi connectivity index (χ1n) is 29.9. The molecule has 0 aromatic heterocycles. The molecule has 0 spiro atoms. The summed E-state index contributed by atoms with van der Waals surface area (Å²) in [5, 5.41) is 56.8. The van der Waals surface area contributed by atoms with Crippen LogP contribution in [0.5, 0.6) is 0 Å². The van der Waals surface area contributed by atoms with Crippen LogP contribution in [0.2, 0.25) is 0 Å². The van der Waals surface area contributed by atoms with Gasteiger partial charge in [-0.1, -0.05) is 221 Å². The van der Waals surface area contributed by atoms with E-state index in [9.17, 15) is 35.1 Å². The molecule has 11 nitrogen and oxygen atoms in total. The van der Waals surface area contributed by atoms with Crippen LogP contribution in [-0.2, 0) is 23.8 Å². The summed E-state index contributed by atoms with van der Waals surface area (Å²) in [7, 11) is 0. The third-order valence-electron chi connectivity index (χ3n) is 13.5. The summed E-state index contributed by atoms with van der Waals surface area (Å²) < 4.78 is 17.6. The molecule has 0 aromatic carbocycles. The second-order valence-electron chi connectivity index (χ2n) is 20.4. The number of aliphatic hydroxyl groups is 5. The van der Waals surface area contributed by atoms with E-state index in [-0.39, 0.29) is 19.4 Å². The lowest BCUT2D eigenvalue weighted by Gasteiger charge is -2.41. The maximum atomic E-state index is 13.4. The van der Waals surface area contributed by atoms with E-state index in [1.165, 1.54) is 96.3 Å². The highest BCUT2D eigenvalue weighted by atomic mass is 16.7. The maximum absolute atomic E-state index is 13.4. The highest BCUT2D eigenvalue weighted by Gasteiger charge is 2.47. The van der Waals surface area contributed by atoms with Gasteiger partial charge in [0.25, 0.3) is 0 Å². The quantitative estimate of drug-likeness (QED) is 0.0149. The van der Waals surface area contributed by atoms with Crippen LogP contribution < -0.4 is 5.32 Å². The highest BCUT2D eigenvalue weighted by molar-refractivity contribution is 5.80. The molecule has 0 radical (unpaired) electrons. The summed E-state index contributed by atoms with van der Waals surface area (Å²) >= 11 is 0. The summed E-state index contributed by atoms with van der Waals surface area (Å²) in [4.78, 5) is 26.5. The van der Waals surface area contributed by atoms with Crippen LogP contribution in [-0.4, -0.2) is 99.6 Å². The number of unbranched alkanes of at least 4 members (excludes halogenated alkanes) is 24.